The van der Waals surface area contributed by atoms with Gasteiger partial charge in [0.25, 0.3) is 0 Å². The molecular weight excluding hydrogens is 265 g/mol. The van der Waals surface area contributed by atoms with Gasteiger partial charge in [0.05, 0.1) is 12.6 Å². The van der Waals surface area contributed by atoms with Gasteiger partial charge < -0.3 is 10.5 Å². The van der Waals surface area contributed by atoms with Gasteiger partial charge in [0.1, 0.15) is 0 Å². The van der Waals surface area contributed by atoms with Crippen LogP contribution in [0.15, 0.2) is 24.3 Å². The van der Waals surface area contributed by atoms with Crippen LogP contribution >= 0.6 is 22.6 Å². The van der Waals surface area contributed by atoms with Gasteiger partial charge in [-0.25, -0.2) is 0 Å². The molecule has 0 saturated carbocycles. The molecule has 0 heterocycles. The molecule has 0 bridgehead atoms. The maximum Gasteiger partial charge on any atom is 0.0655 e. The Labute approximate surface area is 86.2 Å². The summed E-state index contributed by atoms with van der Waals surface area (Å²) in [6, 6.07) is 8.15. The van der Waals surface area contributed by atoms with E-state index >= 15 is 0 Å². The molecule has 1 atom stereocenters. The fourth-order valence-electron chi connectivity index (χ4n) is 0.986. The van der Waals surface area contributed by atoms with Gasteiger partial charge in [-0.1, -0.05) is 12.1 Å². The Morgan fingerprint density at radius 3 is 2.50 bits per heavy atom. The van der Waals surface area contributed by atoms with Gasteiger partial charge in [-0.3, -0.25) is 0 Å². The van der Waals surface area contributed by atoms with Crippen molar-refractivity contribution in [2.45, 2.75) is 6.04 Å². The number of methoxy groups -OCH3 is 1. The molecule has 0 radical (unpaired) electrons. The van der Waals surface area contributed by atoms with Gasteiger partial charge in [-0.2, -0.15) is 0 Å². The van der Waals surface area contributed by atoms with Crippen molar-refractivity contribution in [1.82, 2.24) is 0 Å². The third kappa shape index (κ3) is 2.73. The minimum Gasteiger partial charge on any atom is -0.383 e. The van der Waals surface area contributed by atoms with Gasteiger partial charge >= 0.3 is 0 Å². The Bertz CT molecular complexity index is 235. The standard InChI is InChI=1S/C9H12INO/c1-12-6-9(11)7-2-4-8(10)5-3-7/h2-5,9H,6,11H2,1H3. The fraction of sp³-hybridized carbons (Fsp3) is 0.333. The van der Waals surface area contributed by atoms with Crippen LogP contribution in [0, 0.1) is 3.57 Å². The highest BCUT2D eigenvalue weighted by Gasteiger charge is 2.03. The molecule has 2 N–H and O–H groups in total. The Morgan fingerprint density at radius 1 is 1.42 bits per heavy atom. The number of nitrogens with two attached hydrogens (primary N) is 1. The molecule has 0 fully saturated rings. The third-order valence-corrected chi connectivity index (χ3v) is 2.36. The van der Waals surface area contributed by atoms with Crippen LogP contribution in [0.2, 0.25) is 0 Å². The highest BCUT2D eigenvalue weighted by atomic mass is 127. The summed E-state index contributed by atoms with van der Waals surface area (Å²) in [4.78, 5) is 0. The van der Waals surface area contributed by atoms with Crippen LogP contribution in [-0.2, 0) is 4.74 Å². The maximum atomic E-state index is 5.83. The smallest absolute Gasteiger partial charge is 0.0655 e. The molecular formula is C9H12INO. The van der Waals surface area contributed by atoms with E-state index in [9.17, 15) is 0 Å². The monoisotopic (exact) mass is 277 g/mol. The maximum absolute atomic E-state index is 5.83. The average Bonchev–Trinajstić information content (AvgIpc) is 2.06. The van der Waals surface area contributed by atoms with E-state index in [2.05, 4.69) is 22.6 Å². The lowest BCUT2D eigenvalue weighted by molar-refractivity contribution is 0.181. The minimum atomic E-state index is -0.00741. The van der Waals surface area contributed by atoms with Crippen LogP contribution in [0.4, 0.5) is 0 Å². The number of ether oxygens (including phenoxy) is 1. The molecule has 0 aliphatic heterocycles. The van der Waals surface area contributed by atoms with E-state index in [4.69, 9.17) is 10.5 Å². The van der Waals surface area contributed by atoms with E-state index in [1.54, 1.807) is 7.11 Å². The molecule has 0 aliphatic rings. The molecule has 0 saturated heterocycles. The number of halogens is 1. The summed E-state index contributed by atoms with van der Waals surface area (Å²) in [5, 5.41) is 0. The summed E-state index contributed by atoms with van der Waals surface area (Å²) in [6.07, 6.45) is 0. The lowest BCUT2D eigenvalue weighted by Crippen LogP contribution is -2.15. The molecule has 12 heavy (non-hydrogen) atoms. The van der Waals surface area contributed by atoms with Crippen LogP contribution in [0.3, 0.4) is 0 Å². The second-order valence-electron chi connectivity index (χ2n) is 2.61. The number of hydrogen-bond acceptors (Lipinski definition) is 2. The molecule has 0 spiro atoms. The first-order chi connectivity index (χ1) is 5.74. The average molecular weight is 277 g/mol. The second kappa shape index (κ2) is 4.79. The van der Waals surface area contributed by atoms with Crippen LogP contribution < -0.4 is 5.73 Å². The zero-order valence-corrected chi connectivity index (χ0v) is 9.11. The van der Waals surface area contributed by atoms with Gasteiger partial charge in [-0.15, -0.1) is 0 Å². The van der Waals surface area contributed by atoms with Crippen molar-refractivity contribution >= 4 is 22.6 Å². The van der Waals surface area contributed by atoms with Crippen molar-refractivity contribution in [2.24, 2.45) is 5.73 Å². The zero-order chi connectivity index (χ0) is 8.97. The van der Waals surface area contributed by atoms with Crippen molar-refractivity contribution in [3.05, 3.63) is 33.4 Å². The molecule has 0 aromatic heterocycles. The largest absolute Gasteiger partial charge is 0.383 e. The van der Waals surface area contributed by atoms with E-state index < -0.39 is 0 Å². The molecule has 1 rings (SSSR count). The fourth-order valence-corrected chi connectivity index (χ4v) is 1.35. The highest BCUT2D eigenvalue weighted by molar-refractivity contribution is 14.1. The molecule has 1 aromatic rings. The van der Waals surface area contributed by atoms with E-state index in [0.29, 0.717) is 6.61 Å². The Hall–Kier alpha value is -0.130. The number of hydrogen-bond donors (Lipinski definition) is 1. The van der Waals surface area contributed by atoms with Crippen LogP contribution in [0.25, 0.3) is 0 Å². The van der Waals surface area contributed by atoms with E-state index in [1.165, 1.54) is 3.57 Å². The predicted octanol–water partition coefficient (Wildman–Crippen LogP) is 1.94. The third-order valence-electron chi connectivity index (χ3n) is 1.64. The van der Waals surface area contributed by atoms with Crippen molar-refractivity contribution in [3.8, 4) is 0 Å². The molecule has 2 nitrogen and oxygen atoms in total. The lowest BCUT2D eigenvalue weighted by atomic mass is 10.1. The first-order valence-electron chi connectivity index (χ1n) is 3.74. The van der Waals surface area contributed by atoms with Crippen molar-refractivity contribution in [3.63, 3.8) is 0 Å². The Morgan fingerprint density at radius 2 is 2.00 bits per heavy atom. The topological polar surface area (TPSA) is 35.2 Å². The lowest BCUT2D eigenvalue weighted by Gasteiger charge is -2.10. The molecule has 0 aliphatic carbocycles. The summed E-state index contributed by atoms with van der Waals surface area (Å²) >= 11 is 2.27. The molecule has 0 amide bonds. The van der Waals surface area contributed by atoms with E-state index in [0.717, 1.165) is 5.56 Å². The second-order valence-corrected chi connectivity index (χ2v) is 3.86. The van der Waals surface area contributed by atoms with Crippen LogP contribution in [0.1, 0.15) is 11.6 Å². The zero-order valence-electron chi connectivity index (χ0n) is 6.96. The quantitative estimate of drug-likeness (QED) is 0.857. The minimum absolute atomic E-state index is 0.00741. The van der Waals surface area contributed by atoms with Gasteiger partial charge in [0.15, 0.2) is 0 Å². The molecule has 66 valence electrons. The van der Waals surface area contributed by atoms with E-state index in [1.807, 2.05) is 24.3 Å². The normalized spacial score (nSPS) is 12.9. The summed E-state index contributed by atoms with van der Waals surface area (Å²) in [5.74, 6) is 0. The molecule has 3 heteroatoms. The van der Waals surface area contributed by atoms with Crippen LogP contribution in [-0.4, -0.2) is 13.7 Å². The van der Waals surface area contributed by atoms with Crippen LogP contribution in [0.5, 0.6) is 0 Å². The van der Waals surface area contributed by atoms with Crippen molar-refractivity contribution < 1.29 is 4.74 Å². The first kappa shape index (κ1) is 9.95. The summed E-state index contributed by atoms with van der Waals surface area (Å²) < 4.78 is 6.18. The van der Waals surface area contributed by atoms with Gasteiger partial charge in [0, 0.05) is 10.7 Å². The summed E-state index contributed by atoms with van der Waals surface area (Å²) in [6.45, 7) is 0.570. The SMILES string of the molecule is COCC(N)c1ccc(I)cc1. The Balaban J connectivity index is 2.68. The summed E-state index contributed by atoms with van der Waals surface area (Å²) in [7, 11) is 1.66. The van der Waals surface area contributed by atoms with Crippen molar-refractivity contribution in [2.75, 3.05) is 13.7 Å². The Kier molecular flexibility index (Phi) is 3.97. The summed E-state index contributed by atoms with van der Waals surface area (Å²) in [5.41, 5.74) is 6.95. The van der Waals surface area contributed by atoms with Crippen molar-refractivity contribution in [1.29, 1.82) is 0 Å². The molecule has 1 aromatic carbocycles. The predicted molar refractivity (Wildman–Crippen MR) is 58.0 cm³/mol. The number of benzene rings is 1. The van der Waals surface area contributed by atoms with E-state index in [-0.39, 0.29) is 6.04 Å². The molecule has 1 unspecified atom stereocenters. The highest BCUT2D eigenvalue weighted by Crippen LogP contribution is 2.12. The van der Waals surface area contributed by atoms with Gasteiger partial charge in [0.2, 0.25) is 0 Å². The van der Waals surface area contributed by atoms with Gasteiger partial charge in [-0.05, 0) is 40.3 Å². The number of rotatable bonds is 3. The first-order valence-corrected chi connectivity index (χ1v) is 4.82.